The van der Waals surface area contributed by atoms with Crippen LogP contribution >= 0.6 is 28.6 Å². The number of hydrogen-bond acceptors (Lipinski definition) is 3. The van der Waals surface area contributed by atoms with E-state index in [4.69, 9.17) is 4.74 Å². The summed E-state index contributed by atoms with van der Waals surface area (Å²) in [7, 11) is 0. The van der Waals surface area contributed by atoms with Gasteiger partial charge in [0.05, 0.1) is 5.56 Å². The van der Waals surface area contributed by atoms with Crippen LogP contribution in [0.1, 0.15) is 23.7 Å². The van der Waals surface area contributed by atoms with E-state index in [1.807, 2.05) is 19.1 Å². The van der Waals surface area contributed by atoms with Crippen LogP contribution in [0.15, 0.2) is 27.6 Å². The second kappa shape index (κ2) is 7.74. The van der Waals surface area contributed by atoms with Gasteiger partial charge in [0.1, 0.15) is 0 Å². The lowest BCUT2D eigenvalue weighted by molar-refractivity contribution is 0.0943. The van der Waals surface area contributed by atoms with Gasteiger partial charge in [-0.1, -0.05) is 0 Å². The van der Waals surface area contributed by atoms with Crippen molar-refractivity contribution in [3.05, 3.63) is 28.2 Å². The minimum Gasteiger partial charge on any atom is -0.382 e. The van der Waals surface area contributed by atoms with E-state index >= 15 is 0 Å². The maximum absolute atomic E-state index is 11.8. The number of nitrogens with one attached hydrogen (secondary N) is 1. The maximum Gasteiger partial charge on any atom is 0.252 e. The fourth-order valence-corrected chi connectivity index (χ4v) is 1.93. The standard InChI is InChI=1S/C12H16BrNO2S/c1-2-16-7-3-6-14-12(15)10-8-9(17)4-5-11(10)13/h4-5,8,17H,2-3,6-7H2,1H3,(H,14,15). The summed E-state index contributed by atoms with van der Waals surface area (Å²) < 4.78 is 5.97. The average molecular weight is 318 g/mol. The van der Waals surface area contributed by atoms with Crippen LogP contribution in [0.2, 0.25) is 0 Å². The van der Waals surface area contributed by atoms with E-state index in [1.54, 1.807) is 6.07 Å². The number of benzene rings is 1. The van der Waals surface area contributed by atoms with Crippen LogP contribution in [0.5, 0.6) is 0 Å². The van der Waals surface area contributed by atoms with Gasteiger partial charge in [0.15, 0.2) is 0 Å². The second-order valence-corrected chi connectivity index (χ2v) is 4.84. The zero-order chi connectivity index (χ0) is 12.7. The normalized spacial score (nSPS) is 10.3. The van der Waals surface area contributed by atoms with Gasteiger partial charge in [0, 0.05) is 29.1 Å². The Balaban J connectivity index is 2.44. The molecule has 3 nitrogen and oxygen atoms in total. The summed E-state index contributed by atoms with van der Waals surface area (Å²) in [5.74, 6) is -0.0933. The van der Waals surface area contributed by atoms with Gasteiger partial charge >= 0.3 is 0 Å². The molecule has 0 aliphatic heterocycles. The average Bonchev–Trinajstić information content (AvgIpc) is 2.32. The van der Waals surface area contributed by atoms with Crippen LogP contribution in [-0.4, -0.2) is 25.7 Å². The van der Waals surface area contributed by atoms with Gasteiger partial charge in [-0.05, 0) is 47.5 Å². The van der Waals surface area contributed by atoms with Crippen LogP contribution in [0, 0.1) is 0 Å². The number of carbonyl (C=O) groups is 1. The summed E-state index contributed by atoms with van der Waals surface area (Å²) in [5.41, 5.74) is 0.605. The Morgan fingerprint density at radius 2 is 2.29 bits per heavy atom. The van der Waals surface area contributed by atoms with Crippen LogP contribution in [0.25, 0.3) is 0 Å². The second-order valence-electron chi connectivity index (χ2n) is 3.47. The minimum atomic E-state index is -0.0933. The molecule has 0 atom stereocenters. The quantitative estimate of drug-likeness (QED) is 0.625. The molecule has 0 saturated carbocycles. The van der Waals surface area contributed by atoms with Crippen molar-refractivity contribution in [3.8, 4) is 0 Å². The molecule has 0 radical (unpaired) electrons. The Morgan fingerprint density at radius 1 is 1.53 bits per heavy atom. The first-order chi connectivity index (χ1) is 8.15. The molecule has 0 heterocycles. The van der Waals surface area contributed by atoms with E-state index < -0.39 is 0 Å². The molecule has 94 valence electrons. The topological polar surface area (TPSA) is 38.3 Å². The molecule has 0 fully saturated rings. The molecular formula is C12H16BrNO2S. The first-order valence-corrected chi connectivity index (χ1v) is 6.73. The van der Waals surface area contributed by atoms with Gasteiger partial charge in [-0.3, -0.25) is 4.79 Å². The number of hydrogen-bond donors (Lipinski definition) is 2. The van der Waals surface area contributed by atoms with Gasteiger partial charge < -0.3 is 10.1 Å². The van der Waals surface area contributed by atoms with Crippen molar-refractivity contribution in [2.75, 3.05) is 19.8 Å². The Bertz CT molecular complexity index is 385. The summed E-state index contributed by atoms with van der Waals surface area (Å²) in [6, 6.07) is 5.39. The highest BCUT2D eigenvalue weighted by molar-refractivity contribution is 9.10. The van der Waals surface area contributed by atoms with Crippen molar-refractivity contribution in [2.24, 2.45) is 0 Å². The molecular weight excluding hydrogens is 302 g/mol. The number of carbonyl (C=O) groups excluding carboxylic acids is 1. The number of halogens is 1. The number of thiol groups is 1. The molecule has 1 N–H and O–H groups in total. The summed E-state index contributed by atoms with van der Waals surface area (Å²) in [6.07, 6.45) is 0.817. The molecule has 1 amide bonds. The van der Waals surface area contributed by atoms with E-state index in [2.05, 4.69) is 33.9 Å². The zero-order valence-corrected chi connectivity index (χ0v) is 12.2. The first kappa shape index (κ1) is 14.5. The summed E-state index contributed by atoms with van der Waals surface area (Å²) in [4.78, 5) is 12.6. The third kappa shape index (κ3) is 5.10. The Labute approximate surface area is 115 Å². The Hall–Kier alpha value is -0.520. The first-order valence-electron chi connectivity index (χ1n) is 5.49. The predicted molar refractivity (Wildman–Crippen MR) is 74.8 cm³/mol. The van der Waals surface area contributed by atoms with E-state index in [0.717, 1.165) is 15.8 Å². The highest BCUT2D eigenvalue weighted by atomic mass is 79.9. The Kier molecular flexibility index (Phi) is 6.62. The van der Waals surface area contributed by atoms with Crippen molar-refractivity contribution < 1.29 is 9.53 Å². The molecule has 0 saturated heterocycles. The molecule has 0 spiro atoms. The van der Waals surface area contributed by atoms with Gasteiger partial charge in [-0.15, -0.1) is 12.6 Å². The number of ether oxygens (including phenoxy) is 1. The molecule has 0 unspecified atom stereocenters. The van der Waals surface area contributed by atoms with Crippen molar-refractivity contribution >= 4 is 34.5 Å². The largest absolute Gasteiger partial charge is 0.382 e. The lowest BCUT2D eigenvalue weighted by Crippen LogP contribution is -2.25. The maximum atomic E-state index is 11.8. The van der Waals surface area contributed by atoms with E-state index in [-0.39, 0.29) is 5.91 Å². The number of amides is 1. The van der Waals surface area contributed by atoms with Crippen LogP contribution in [-0.2, 0) is 4.74 Å². The molecule has 5 heteroatoms. The molecule has 1 aromatic rings. The van der Waals surface area contributed by atoms with Crippen molar-refractivity contribution in [2.45, 2.75) is 18.2 Å². The monoisotopic (exact) mass is 317 g/mol. The highest BCUT2D eigenvalue weighted by Gasteiger charge is 2.09. The van der Waals surface area contributed by atoms with Crippen LogP contribution < -0.4 is 5.32 Å². The van der Waals surface area contributed by atoms with Crippen LogP contribution in [0.3, 0.4) is 0 Å². The molecule has 1 rings (SSSR count). The molecule has 0 aliphatic carbocycles. The molecule has 1 aromatic carbocycles. The van der Waals surface area contributed by atoms with E-state index in [9.17, 15) is 4.79 Å². The SMILES string of the molecule is CCOCCCNC(=O)c1cc(S)ccc1Br. The summed E-state index contributed by atoms with van der Waals surface area (Å²) in [5, 5.41) is 2.84. The van der Waals surface area contributed by atoms with Crippen molar-refractivity contribution in [3.63, 3.8) is 0 Å². The lowest BCUT2D eigenvalue weighted by atomic mass is 10.2. The van der Waals surface area contributed by atoms with Gasteiger partial charge in [-0.25, -0.2) is 0 Å². The van der Waals surface area contributed by atoms with Crippen molar-refractivity contribution in [1.29, 1.82) is 0 Å². The summed E-state index contributed by atoms with van der Waals surface area (Å²) >= 11 is 7.56. The lowest BCUT2D eigenvalue weighted by Gasteiger charge is -2.07. The smallest absolute Gasteiger partial charge is 0.252 e. The summed E-state index contributed by atoms with van der Waals surface area (Å²) in [6.45, 7) is 3.95. The van der Waals surface area contributed by atoms with Gasteiger partial charge in [0.25, 0.3) is 5.91 Å². The third-order valence-corrected chi connectivity index (χ3v) is 3.12. The van der Waals surface area contributed by atoms with Crippen LogP contribution in [0.4, 0.5) is 0 Å². The van der Waals surface area contributed by atoms with Gasteiger partial charge in [0.2, 0.25) is 0 Å². The highest BCUT2D eigenvalue weighted by Crippen LogP contribution is 2.19. The van der Waals surface area contributed by atoms with Crippen molar-refractivity contribution in [1.82, 2.24) is 5.32 Å². The fraction of sp³-hybridized carbons (Fsp3) is 0.417. The molecule has 0 aromatic heterocycles. The van der Waals surface area contributed by atoms with Gasteiger partial charge in [-0.2, -0.15) is 0 Å². The minimum absolute atomic E-state index is 0.0933. The van der Waals surface area contributed by atoms with E-state index in [1.165, 1.54) is 0 Å². The van der Waals surface area contributed by atoms with E-state index in [0.29, 0.717) is 25.3 Å². The molecule has 17 heavy (non-hydrogen) atoms. The fourth-order valence-electron chi connectivity index (χ4n) is 1.30. The zero-order valence-electron chi connectivity index (χ0n) is 9.70. The number of rotatable bonds is 6. The third-order valence-electron chi connectivity index (χ3n) is 2.15. The molecule has 0 bridgehead atoms. The molecule has 0 aliphatic rings. The predicted octanol–water partition coefficient (Wildman–Crippen LogP) is 2.89. The Morgan fingerprint density at radius 3 is 3.00 bits per heavy atom.